The van der Waals surface area contributed by atoms with Gasteiger partial charge in [-0.3, -0.25) is 9.80 Å². The molecular weight excluding hydrogens is 232 g/mol. The van der Waals surface area contributed by atoms with Crippen LogP contribution in [-0.2, 0) is 0 Å². The smallest absolute Gasteiger partial charge is 0.0223 e. The van der Waals surface area contributed by atoms with Gasteiger partial charge in [0, 0.05) is 31.7 Å². The van der Waals surface area contributed by atoms with Crippen LogP contribution in [0.25, 0.3) is 0 Å². The third-order valence-electron chi connectivity index (χ3n) is 7.05. The van der Waals surface area contributed by atoms with Crippen molar-refractivity contribution in [3.8, 4) is 0 Å². The lowest BCUT2D eigenvalue weighted by molar-refractivity contribution is 0.0106. The van der Waals surface area contributed by atoms with Crippen LogP contribution in [0.5, 0.6) is 0 Å². The Balaban J connectivity index is 1.63. The summed E-state index contributed by atoms with van der Waals surface area (Å²) < 4.78 is 0. The van der Waals surface area contributed by atoms with E-state index in [4.69, 9.17) is 0 Å². The predicted octanol–water partition coefficient (Wildman–Crippen LogP) is 3.23. The molecule has 1 aliphatic carbocycles. The number of hydrogen-bond acceptors (Lipinski definition) is 2. The highest BCUT2D eigenvalue weighted by atomic mass is 15.3. The third-order valence-corrected chi connectivity index (χ3v) is 7.05. The summed E-state index contributed by atoms with van der Waals surface area (Å²) >= 11 is 0. The van der Waals surface area contributed by atoms with Gasteiger partial charge in [-0.2, -0.15) is 0 Å². The monoisotopic (exact) mass is 264 g/mol. The molecule has 19 heavy (non-hydrogen) atoms. The summed E-state index contributed by atoms with van der Waals surface area (Å²) in [6.07, 6.45) is 4.30. The highest BCUT2D eigenvalue weighted by Gasteiger charge is 2.64. The van der Waals surface area contributed by atoms with E-state index < -0.39 is 0 Å². The molecule has 3 aliphatic rings. The van der Waals surface area contributed by atoms with Crippen LogP contribution >= 0.6 is 0 Å². The molecule has 0 radical (unpaired) electrons. The molecule has 2 unspecified atom stereocenters. The standard InChI is InChI=1S/C17H32N2/c1-13-10-18-9-7-6-8-14(18)11-19(13)12-15-16(2,3)17(15,4)5/h13-15H,6-12H2,1-5H3. The first-order valence-corrected chi connectivity index (χ1v) is 8.32. The van der Waals surface area contributed by atoms with Crippen molar-refractivity contribution in [1.82, 2.24) is 9.80 Å². The maximum Gasteiger partial charge on any atom is 0.0223 e. The van der Waals surface area contributed by atoms with E-state index in [-0.39, 0.29) is 0 Å². The minimum atomic E-state index is 0.538. The fourth-order valence-corrected chi connectivity index (χ4v) is 4.69. The molecule has 0 aromatic carbocycles. The molecule has 3 rings (SSSR count). The van der Waals surface area contributed by atoms with Crippen LogP contribution in [-0.4, -0.2) is 48.1 Å². The number of rotatable bonds is 2. The molecule has 0 bridgehead atoms. The van der Waals surface area contributed by atoms with Crippen molar-refractivity contribution in [3.05, 3.63) is 0 Å². The second-order valence-electron chi connectivity index (χ2n) is 8.44. The maximum absolute atomic E-state index is 2.80. The Bertz CT molecular complexity index is 333. The SMILES string of the molecule is CC1CN2CCCCC2CN1CC1C(C)(C)C1(C)C. The Morgan fingerprint density at radius 2 is 1.68 bits per heavy atom. The zero-order valence-corrected chi connectivity index (χ0v) is 13.6. The van der Waals surface area contributed by atoms with E-state index in [1.807, 2.05) is 0 Å². The number of piperidine rings is 1. The minimum Gasteiger partial charge on any atom is -0.298 e. The molecular formula is C17H32N2. The third kappa shape index (κ3) is 2.15. The van der Waals surface area contributed by atoms with Crippen LogP contribution in [0.2, 0.25) is 0 Å². The summed E-state index contributed by atoms with van der Waals surface area (Å²) in [5, 5.41) is 0. The van der Waals surface area contributed by atoms with E-state index in [9.17, 15) is 0 Å². The van der Waals surface area contributed by atoms with Crippen molar-refractivity contribution in [2.75, 3.05) is 26.2 Å². The van der Waals surface area contributed by atoms with Gasteiger partial charge in [-0.15, -0.1) is 0 Å². The van der Waals surface area contributed by atoms with Gasteiger partial charge < -0.3 is 0 Å². The van der Waals surface area contributed by atoms with Gasteiger partial charge in [-0.1, -0.05) is 34.1 Å². The van der Waals surface area contributed by atoms with Gasteiger partial charge >= 0.3 is 0 Å². The number of piperazine rings is 1. The number of fused-ring (bicyclic) bond motifs is 1. The molecule has 2 heteroatoms. The lowest BCUT2D eigenvalue weighted by atomic mass is 9.96. The van der Waals surface area contributed by atoms with Gasteiger partial charge in [0.25, 0.3) is 0 Å². The molecule has 110 valence electrons. The molecule has 0 aromatic heterocycles. The highest BCUT2D eigenvalue weighted by Crippen LogP contribution is 2.68. The largest absolute Gasteiger partial charge is 0.298 e. The molecule has 3 fully saturated rings. The fourth-order valence-electron chi connectivity index (χ4n) is 4.69. The van der Waals surface area contributed by atoms with Gasteiger partial charge in [0.2, 0.25) is 0 Å². The molecule has 2 atom stereocenters. The molecule has 2 aliphatic heterocycles. The van der Waals surface area contributed by atoms with Gasteiger partial charge in [0.15, 0.2) is 0 Å². The molecule has 0 N–H and O–H groups in total. The van der Waals surface area contributed by atoms with Crippen molar-refractivity contribution in [3.63, 3.8) is 0 Å². The van der Waals surface area contributed by atoms with Crippen LogP contribution in [0.15, 0.2) is 0 Å². The first-order chi connectivity index (χ1) is 8.84. The predicted molar refractivity (Wildman–Crippen MR) is 81.3 cm³/mol. The molecule has 2 heterocycles. The average Bonchev–Trinajstić information content (AvgIpc) is 2.72. The average molecular weight is 264 g/mol. The summed E-state index contributed by atoms with van der Waals surface area (Å²) in [5.74, 6) is 0.887. The van der Waals surface area contributed by atoms with Crippen LogP contribution in [0, 0.1) is 16.7 Å². The fraction of sp³-hybridized carbons (Fsp3) is 1.00. The molecule has 0 spiro atoms. The van der Waals surface area contributed by atoms with E-state index in [1.165, 1.54) is 45.4 Å². The van der Waals surface area contributed by atoms with Crippen molar-refractivity contribution in [2.45, 2.75) is 66.0 Å². The molecule has 2 nitrogen and oxygen atoms in total. The van der Waals surface area contributed by atoms with E-state index in [0.29, 0.717) is 10.8 Å². The Labute approximate surface area is 119 Å². The topological polar surface area (TPSA) is 6.48 Å². The summed E-state index contributed by atoms with van der Waals surface area (Å²) in [6.45, 7) is 17.6. The van der Waals surface area contributed by atoms with Gasteiger partial charge in [0.1, 0.15) is 0 Å². The second-order valence-corrected chi connectivity index (χ2v) is 8.44. The van der Waals surface area contributed by atoms with Crippen LogP contribution in [0.3, 0.4) is 0 Å². The Hall–Kier alpha value is -0.0800. The van der Waals surface area contributed by atoms with Crippen molar-refractivity contribution < 1.29 is 0 Å². The molecule has 2 saturated heterocycles. The summed E-state index contributed by atoms with van der Waals surface area (Å²) in [7, 11) is 0. The lowest BCUT2D eigenvalue weighted by Crippen LogP contribution is -2.59. The quantitative estimate of drug-likeness (QED) is 0.755. The van der Waals surface area contributed by atoms with Crippen molar-refractivity contribution in [1.29, 1.82) is 0 Å². The molecule has 0 aromatic rings. The summed E-state index contributed by atoms with van der Waals surface area (Å²) in [4.78, 5) is 5.56. The summed E-state index contributed by atoms with van der Waals surface area (Å²) in [5.41, 5.74) is 1.08. The first kappa shape index (κ1) is 13.9. The van der Waals surface area contributed by atoms with Crippen LogP contribution < -0.4 is 0 Å². The van der Waals surface area contributed by atoms with E-state index >= 15 is 0 Å². The van der Waals surface area contributed by atoms with Crippen molar-refractivity contribution >= 4 is 0 Å². The maximum atomic E-state index is 2.80. The van der Waals surface area contributed by atoms with E-state index in [0.717, 1.165) is 18.0 Å². The minimum absolute atomic E-state index is 0.538. The summed E-state index contributed by atoms with van der Waals surface area (Å²) in [6, 6.07) is 1.61. The number of hydrogen-bond donors (Lipinski definition) is 0. The van der Waals surface area contributed by atoms with Crippen molar-refractivity contribution in [2.24, 2.45) is 16.7 Å². The van der Waals surface area contributed by atoms with E-state index in [1.54, 1.807) is 0 Å². The number of nitrogens with zero attached hydrogens (tertiary/aromatic N) is 2. The Kier molecular flexibility index (Phi) is 3.26. The molecule has 1 saturated carbocycles. The second kappa shape index (κ2) is 4.46. The molecule has 0 amide bonds. The van der Waals surface area contributed by atoms with Gasteiger partial charge in [-0.05, 0) is 43.1 Å². The van der Waals surface area contributed by atoms with E-state index in [2.05, 4.69) is 44.4 Å². The first-order valence-electron chi connectivity index (χ1n) is 8.32. The lowest BCUT2D eigenvalue weighted by Gasteiger charge is -2.47. The Morgan fingerprint density at radius 1 is 1.00 bits per heavy atom. The normalized spacial score (nSPS) is 39.0. The van der Waals surface area contributed by atoms with Gasteiger partial charge in [-0.25, -0.2) is 0 Å². The Morgan fingerprint density at radius 3 is 2.32 bits per heavy atom. The van der Waals surface area contributed by atoms with Crippen LogP contribution in [0.4, 0.5) is 0 Å². The van der Waals surface area contributed by atoms with Crippen LogP contribution in [0.1, 0.15) is 53.9 Å². The van der Waals surface area contributed by atoms with Gasteiger partial charge in [0.05, 0.1) is 0 Å². The highest BCUT2D eigenvalue weighted by molar-refractivity contribution is 5.13. The zero-order valence-electron chi connectivity index (χ0n) is 13.6. The zero-order chi connectivity index (χ0) is 13.8.